The van der Waals surface area contributed by atoms with Gasteiger partial charge in [-0.2, -0.15) is 4.31 Å². The molecule has 1 aliphatic heterocycles. The molecule has 0 radical (unpaired) electrons. The van der Waals surface area contributed by atoms with Crippen LogP contribution in [0.4, 0.5) is 0 Å². The number of piperidine rings is 1. The van der Waals surface area contributed by atoms with Crippen molar-refractivity contribution < 1.29 is 13.2 Å². The molecule has 33 heavy (non-hydrogen) atoms. The molecule has 3 rings (SSSR count). The van der Waals surface area contributed by atoms with Crippen LogP contribution in [0, 0.1) is 0 Å². The Morgan fingerprint density at radius 1 is 0.970 bits per heavy atom. The van der Waals surface area contributed by atoms with Crippen LogP contribution in [0.25, 0.3) is 0 Å². The van der Waals surface area contributed by atoms with Crippen LogP contribution in [0.5, 0.6) is 5.75 Å². The molecule has 7 heteroatoms. The van der Waals surface area contributed by atoms with E-state index in [0.717, 1.165) is 43.5 Å². The van der Waals surface area contributed by atoms with E-state index in [1.807, 2.05) is 24.3 Å². The van der Waals surface area contributed by atoms with Crippen LogP contribution >= 0.6 is 11.6 Å². The van der Waals surface area contributed by atoms with Crippen molar-refractivity contribution in [1.82, 2.24) is 9.21 Å². The molecule has 2 aromatic carbocycles. The predicted molar refractivity (Wildman–Crippen MR) is 135 cm³/mol. The molecule has 0 aromatic heterocycles. The molecule has 0 bridgehead atoms. The van der Waals surface area contributed by atoms with Gasteiger partial charge in [0.15, 0.2) is 0 Å². The fourth-order valence-corrected chi connectivity index (χ4v) is 5.78. The Labute approximate surface area is 204 Å². The van der Waals surface area contributed by atoms with Crippen molar-refractivity contribution >= 4 is 21.6 Å². The van der Waals surface area contributed by atoms with Crippen LogP contribution in [-0.2, 0) is 16.6 Å². The van der Waals surface area contributed by atoms with E-state index in [2.05, 4.69) is 11.8 Å². The summed E-state index contributed by atoms with van der Waals surface area (Å²) in [7, 11) is -3.64. The fraction of sp³-hybridized carbons (Fsp3) is 0.538. The van der Waals surface area contributed by atoms with E-state index in [1.165, 1.54) is 32.4 Å². The minimum atomic E-state index is -3.64. The van der Waals surface area contributed by atoms with Gasteiger partial charge in [0.05, 0.1) is 11.5 Å². The van der Waals surface area contributed by atoms with Crippen LogP contribution < -0.4 is 4.74 Å². The maximum atomic E-state index is 13.4. The molecule has 1 aliphatic rings. The van der Waals surface area contributed by atoms with Gasteiger partial charge in [0.2, 0.25) is 10.0 Å². The Hall–Kier alpha value is -1.60. The molecule has 182 valence electrons. The molecule has 1 fully saturated rings. The molecule has 0 amide bonds. The number of hydrogen-bond donors (Lipinski definition) is 0. The maximum Gasteiger partial charge on any atom is 0.243 e. The lowest BCUT2D eigenvalue weighted by atomic mass is 10.1. The molecule has 1 saturated heterocycles. The maximum absolute atomic E-state index is 13.4. The molecule has 0 atom stereocenters. The zero-order valence-corrected chi connectivity index (χ0v) is 21.3. The highest BCUT2D eigenvalue weighted by Crippen LogP contribution is 2.25. The number of rotatable bonds is 13. The van der Waals surface area contributed by atoms with Crippen molar-refractivity contribution in [3.63, 3.8) is 0 Å². The predicted octanol–water partition coefficient (Wildman–Crippen LogP) is 5.98. The Kier molecular flexibility index (Phi) is 10.5. The van der Waals surface area contributed by atoms with Crippen molar-refractivity contribution in [2.45, 2.75) is 63.3 Å². The number of sulfonamides is 1. The van der Waals surface area contributed by atoms with Crippen molar-refractivity contribution in [3.05, 3.63) is 59.1 Å². The zero-order valence-electron chi connectivity index (χ0n) is 19.7. The van der Waals surface area contributed by atoms with E-state index in [1.54, 1.807) is 28.6 Å². The third kappa shape index (κ3) is 7.99. The van der Waals surface area contributed by atoms with E-state index in [4.69, 9.17) is 16.3 Å². The molecule has 1 heterocycles. The monoisotopic (exact) mass is 492 g/mol. The molecule has 0 saturated carbocycles. The number of ether oxygens (including phenoxy) is 1. The average molecular weight is 493 g/mol. The lowest BCUT2D eigenvalue weighted by Crippen LogP contribution is -2.32. The second-order valence-electron chi connectivity index (χ2n) is 8.71. The lowest BCUT2D eigenvalue weighted by molar-refractivity contribution is 0.204. The summed E-state index contributed by atoms with van der Waals surface area (Å²) in [5.41, 5.74) is 0.893. The van der Waals surface area contributed by atoms with E-state index in [0.29, 0.717) is 18.2 Å². The van der Waals surface area contributed by atoms with E-state index in [-0.39, 0.29) is 11.4 Å². The van der Waals surface area contributed by atoms with Gasteiger partial charge in [-0.1, -0.05) is 56.0 Å². The molecular formula is C26H37ClN2O3S. The second kappa shape index (κ2) is 13.3. The van der Waals surface area contributed by atoms with Crippen molar-refractivity contribution in [1.29, 1.82) is 0 Å². The van der Waals surface area contributed by atoms with E-state index < -0.39 is 10.0 Å². The smallest absolute Gasteiger partial charge is 0.243 e. The summed E-state index contributed by atoms with van der Waals surface area (Å²) < 4.78 is 34.5. The Balaban J connectivity index is 1.68. The lowest BCUT2D eigenvalue weighted by Gasteiger charge is -2.26. The molecule has 0 aliphatic carbocycles. The van der Waals surface area contributed by atoms with Gasteiger partial charge in [0.1, 0.15) is 5.75 Å². The SMILES string of the molecule is CCCCCN(Cc1ccccc1OCCCN1CCCCC1)S(=O)(=O)c1ccc(Cl)cc1. The number of hydrogen-bond acceptors (Lipinski definition) is 4. The number of para-hydroxylation sites is 1. The first-order valence-electron chi connectivity index (χ1n) is 12.2. The Morgan fingerprint density at radius 3 is 2.42 bits per heavy atom. The number of nitrogens with zero attached hydrogens (tertiary/aromatic N) is 2. The average Bonchev–Trinajstić information content (AvgIpc) is 2.83. The van der Waals surface area contributed by atoms with E-state index >= 15 is 0 Å². The van der Waals surface area contributed by atoms with Gasteiger partial charge >= 0.3 is 0 Å². The largest absolute Gasteiger partial charge is 0.493 e. The van der Waals surface area contributed by atoms with Crippen LogP contribution in [-0.4, -0.2) is 50.4 Å². The van der Waals surface area contributed by atoms with E-state index in [9.17, 15) is 8.42 Å². The first-order chi connectivity index (χ1) is 16.0. The summed E-state index contributed by atoms with van der Waals surface area (Å²) in [5, 5.41) is 0.523. The van der Waals surface area contributed by atoms with Gasteiger partial charge in [-0.3, -0.25) is 0 Å². The number of benzene rings is 2. The van der Waals surface area contributed by atoms with Gasteiger partial charge in [-0.05, 0) is 69.1 Å². The first kappa shape index (κ1) is 26.0. The third-order valence-corrected chi connectivity index (χ3v) is 8.22. The van der Waals surface area contributed by atoms with Gasteiger partial charge in [0, 0.05) is 30.2 Å². The summed E-state index contributed by atoms with van der Waals surface area (Å²) in [6, 6.07) is 14.2. The van der Waals surface area contributed by atoms with Gasteiger partial charge in [0.25, 0.3) is 0 Å². The highest BCUT2D eigenvalue weighted by Gasteiger charge is 2.25. The van der Waals surface area contributed by atoms with Crippen molar-refractivity contribution in [2.24, 2.45) is 0 Å². The third-order valence-electron chi connectivity index (χ3n) is 6.11. The minimum Gasteiger partial charge on any atom is -0.493 e. The minimum absolute atomic E-state index is 0.267. The molecule has 2 aromatic rings. The van der Waals surface area contributed by atoms with Crippen LogP contribution in [0.2, 0.25) is 5.02 Å². The van der Waals surface area contributed by atoms with Crippen LogP contribution in [0.3, 0.4) is 0 Å². The Bertz CT molecular complexity index is 944. The molecule has 5 nitrogen and oxygen atoms in total. The van der Waals surface area contributed by atoms with Crippen molar-refractivity contribution in [2.75, 3.05) is 32.8 Å². The number of halogens is 1. The highest BCUT2D eigenvalue weighted by atomic mass is 35.5. The Morgan fingerprint density at radius 2 is 1.70 bits per heavy atom. The van der Waals surface area contributed by atoms with Crippen LogP contribution in [0.1, 0.15) is 57.4 Å². The summed E-state index contributed by atoms with van der Waals surface area (Å²) in [5.74, 6) is 0.767. The topological polar surface area (TPSA) is 49.9 Å². The summed E-state index contributed by atoms with van der Waals surface area (Å²) in [6.45, 7) is 6.94. The second-order valence-corrected chi connectivity index (χ2v) is 11.1. The quantitative estimate of drug-likeness (QED) is 0.323. The molecule has 0 spiro atoms. The van der Waals surface area contributed by atoms with Gasteiger partial charge < -0.3 is 9.64 Å². The summed E-state index contributed by atoms with van der Waals surface area (Å²) in [4.78, 5) is 2.77. The molecule has 0 N–H and O–H groups in total. The molecular weight excluding hydrogens is 456 g/mol. The highest BCUT2D eigenvalue weighted by molar-refractivity contribution is 7.89. The van der Waals surface area contributed by atoms with Crippen LogP contribution in [0.15, 0.2) is 53.4 Å². The first-order valence-corrected chi connectivity index (χ1v) is 14.0. The number of unbranched alkanes of at least 4 members (excludes halogenated alkanes) is 2. The standard InChI is InChI=1S/C26H37ClN2O3S/c1-2-3-7-20-29(33(30,31)25-15-13-24(27)14-16-25)22-23-11-5-6-12-26(23)32-21-10-19-28-17-8-4-9-18-28/h5-6,11-16H,2-4,7-10,17-22H2,1H3. The zero-order chi connectivity index (χ0) is 23.5. The van der Waals surface area contributed by atoms with Gasteiger partial charge in [-0.15, -0.1) is 0 Å². The normalized spacial score (nSPS) is 15.1. The summed E-state index contributed by atoms with van der Waals surface area (Å²) >= 11 is 5.98. The number of likely N-dealkylation sites (tertiary alicyclic amines) is 1. The van der Waals surface area contributed by atoms with Gasteiger partial charge in [-0.25, -0.2) is 8.42 Å². The molecule has 0 unspecified atom stereocenters. The summed E-state index contributed by atoms with van der Waals surface area (Å²) in [6.07, 6.45) is 7.74. The van der Waals surface area contributed by atoms with Crippen molar-refractivity contribution in [3.8, 4) is 5.75 Å². The fourth-order valence-electron chi connectivity index (χ4n) is 4.20.